The van der Waals surface area contributed by atoms with Crippen LogP contribution >= 0.6 is 0 Å². The van der Waals surface area contributed by atoms with Gasteiger partial charge in [0.05, 0.1) is 19.0 Å². The molecular weight excluding hydrogens is 342 g/mol. The lowest BCUT2D eigenvalue weighted by atomic mass is 10.2. The van der Waals surface area contributed by atoms with Gasteiger partial charge in [0.2, 0.25) is 0 Å². The smallest absolute Gasteiger partial charge is 0.251 e. The Kier molecular flexibility index (Phi) is 5.89. The molecule has 0 radical (unpaired) electrons. The summed E-state index contributed by atoms with van der Waals surface area (Å²) in [6, 6.07) is 14.9. The van der Waals surface area contributed by atoms with E-state index in [-0.39, 0.29) is 5.91 Å². The molecule has 0 aliphatic carbocycles. The summed E-state index contributed by atoms with van der Waals surface area (Å²) in [5.74, 6) is 0.871. The van der Waals surface area contributed by atoms with Crippen molar-refractivity contribution in [3.8, 4) is 17.2 Å². The quantitative estimate of drug-likeness (QED) is 0.623. The second-order valence-electron chi connectivity index (χ2n) is 5.78. The third-order valence-electron chi connectivity index (χ3n) is 3.89. The van der Waals surface area contributed by atoms with Crippen LogP contribution in [0.2, 0.25) is 0 Å². The van der Waals surface area contributed by atoms with Gasteiger partial charge in [0.25, 0.3) is 5.91 Å². The van der Waals surface area contributed by atoms with Crippen LogP contribution in [0.25, 0.3) is 5.69 Å². The summed E-state index contributed by atoms with van der Waals surface area (Å²) in [5, 5.41) is 7.21. The van der Waals surface area contributed by atoms with Crippen LogP contribution in [-0.4, -0.2) is 29.4 Å². The van der Waals surface area contributed by atoms with Crippen LogP contribution in [0, 0.1) is 0 Å². The average Bonchev–Trinajstić information content (AvgIpc) is 3.20. The van der Waals surface area contributed by atoms with Gasteiger partial charge in [-0.15, -0.1) is 0 Å². The van der Waals surface area contributed by atoms with Crippen molar-refractivity contribution in [2.45, 2.75) is 6.54 Å². The summed E-state index contributed by atoms with van der Waals surface area (Å²) in [6.07, 6.45) is 5.28. The number of carbonyl (C=O) groups is 1. The lowest BCUT2D eigenvalue weighted by Crippen LogP contribution is -2.22. The van der Waals surface area contributed by atoms with Crippen molar-refractivity contribution in [1.29, 1.82) is 0 Å². The fourth-order valence-corrected chi connectivity index (χ4v) is 2.53. The number of carbonyl (C=O) groups excluding carboxylic acids is 1. The Bertz CT molecular complexity index is 919. The molecule has 27 heavy (non-hydrogen) atoms. The molecule has 0 saturated heterocycles. The first-order valence-corrected chi connectivity index (χ1v) is 8.50. The minimum Gasteiger partial charge on any atom is -0.493 e. The fraction of sp³-hybridized carbons (Fsp3) is 0.143. The zero-order valence-corrected chi connectivity index (χ0v) is 15.1. The number of nitrogens with one attached hydrogen (secondary N) is 1. The van der Waals surface area contributed by atoms with E-state index < -0.39 is 0 Å². The first kappa shape index (κ1) is 18.3. The Balaban J connectivity index is 1.64. The molecule has 0 unspecified atom stereocenters. The van der Waals surface area contributed by atoms with Crippen LogP contribution in [0.3, 0.4) is 0 Å². The Hall–Kier alpha value is -3.54. The summed E-state index contributed by atoms with van der Waals surface area (Å²) in [5.41, 5.74) is 2.37. The number of amides is 1. The number of methoxy groups -OCH3 is 1. The highest BCUT2D eigenvalue weighted by atomic mass is 16.5. The molecule has 1 N–H and O–H groups in total. The number of hydrogen-bond acceptors (Lipinski definition) is 4. The van der Waals surface area contributed by atoms with E-state index in [1.165, 1.54) is 7.11 Å². The average molecular weight is 363 g/mol. The van der Waals surface area contributed by atoms with Crippen molar-refractivity contribution in [2.75, 3.05) is 13.7 Å². The molecule has 6 heteroatoms. The second-order valence-corrected chi connectivity index (χ2v) is 5.78. The van der Waals surface area contributed by atoms with E-state index >= 15 is 0 Å². The fourth-order valence-electron chi connectivity index (χ4n) is 2.53. The molecule has 0 atom stereocenters. The summed E-state index contributed by atoms with van der Waals surface area (Å²) in [7, 11) is 1.54. The van der Waals surface area contributed by atoms with Crippen molar-refractivity contribution in [3.63, 3.8) is 0 Å². The van der Waals surface area contributed by atoms with Gasteiger partial charge < -0.3 is 14.8 Å². The summed E-state index contributed by atoms with van der Waals surface area (Å²) in [4.78, 5) is 12.4. The summed E-state index contributed by atoms with van der Waals surface area (Å²) in [6.45, 7) is 4.36. The topological polar surface area (TPSA) is 65.4 Å². The number of benzene rings is 2. The Morgan fingerprint density at radius 2 is 2.04 bits per heavy atom. The van der Waals surface area contributed by atoms with Crippen molar-refractivity contribution in [3.05, 3.63) is 84.7 Å². The third kappa shape index (κ3) is 4.55. The molecule has 0 aliphatic heterocycles. The number of hydrogen-bond donors (Lipinski definition) is 1. The number of ether oxygens (including phenoxy) is 2. The van der Waals surface area contributed by atoms with Gasteiger partial charge >= 0.3 is 0 Å². The van der Waals surface area contributed by atoms with Crippen molar-refractivity contribution < 1.29 is 14.3 Å². The number of rotatable bonds is 8. The standard InChI is InChI=1S/C21H21N3O3/c1-3-11-27-19-10-9-17(12-20(19)26-2)21(25)22-13-16-14-23-24(15-16)18-7-5-4-6-8-18/h3-10,12,14-15H,1,11,13H2,2H3,(H,22,25). The van der Waals surface area contributed by atoms with E-state index in [4.69, 9.17) is 9.47 Å². The highest BCUT2D eigenvalue weighted by Crippen LogP contribution is 2.28. The van der Waals surface area contributed by atoms with Crippen molar-refractivity contribution in [1.82, 2.24) is 15.1 Å². The number of aromatic nitrogens is 2. The van der Waals surface area contributed by atoms with Crippen molar-refractivity contribution in [2.24, 2.45) is 0 Å². The van der Waals surface area contributed by atoms with Crippen LogP contribution in [0.15, 0.2) is 73.6 Å². The van der Waals surface area contributed by atoms with Gasteiger partial charge in [-0.05, 0) is 30.3 Å². The molecule has 6 nitrogen and oxygen atoms in total. The van der Waals surface area contributed by atoms with Crippen LogP contribution < -0.4 is 14.8 Å². The van der Waals surface area contributed by atoms with Gasteiger partial charge in [0, 0.05) is 23.9 Å². The second kappa shape index (κ2) is 8.71. The molecule has 0 saturated carbocycles. The molecule has 1 heterocycles. The molecule has 1 aromatic heterocycles. The number of nitrogens with zero attached hydrogens (tertiary/aromatic N) is 2. The lowest BCUT2D eigenvalue weighted by molar-refractivity contribution is 0.0950. The van der Waals surface area contributed by atoms with Gasteiger partial charge in [0.15, 0.2) is 11.5 Å². The Labute approximate surface area is 158 Å². The molecule has 0 fully saturated rings. The maximum Gasteiger partial charge on any atom is 0.251 e. The lowest BCUT2D eigenvalue weighted by Gasteiger charge is -2.11. The van der Waals surface area contributed by atoms with E-state index in [0.717, 1.165) is 11.3 Å². The normalized spacial score (nSPS) is 10.3. The highest BCUT2D eigenvalue weighted by Gasteiger charge is 2.11. The van der Waals surface area contributed by atoms with Gasteiger partial charge in [-0.25, -0.2) is 4.68 Å². The summed E-state index contributed by atoms with van der Waals surface area (Å²) >= 11 is 0. The molecule has 3 aromatic rings. The maximum atomic E-state index is 12.4. The van der Waals surface area contributed by atoms with Gasteiger partial charge in [-0.2, -0.15) is 5.10 Å². The molecule has 0 aliphatic rings. The monoisotopic (exact) mass is 363 g/mol. The van der Waals surface area contributed by atoms with Crippen LogP contribution in [0.4, 0.5) is 0 Å². The van der Waals surface area contributed by atoms with Crippen LogP contribution in [0.5, 0.6) is 11.5 Å². The largest absolute Gasteiger partial charge is 0.493 e. The van der Waals surface area contributed by atoms with Gasteiger partial charge in [0.1, 0.15) is 6.61 Å². The van der Waals surface area contributed by atoms with E-state index in [2.05, 4.69) is 17.0 Å². The zero-order chi connectivity index (χ0) is 19.1. The molecule has 2 aromatic carbocycles. The Morgan fingerprint density at radius 1 is 1.22 bits per heavy atom. The van der Waals surface area contributed by atoms with Crippen molar-refractivity contribution >= 4 is 5.91 Å². The van der Waals surface area contributed by atoms with Gasteiger partial charge in [-0.3, -0.25) is 4.79 Å². The van der Waals surface area contributed by atoms with E-state index in [1.54, 1.807) is 35.2 Å². The third-order valence-corrected chi connectivity index (χ3v) is 3.89. The predicted molar refractivity (Wildman–Crippen MR) is 103 cm³/mol. The maximum absolute atomic E-state index is 12.4. The predicted octanol–water partition coefficient (Wildman–Crippen LogP) is 3.38. The van der Waals surface area contributed by atoms with Crippen LogP contribution in [-0.2, 0) is 6.54 Å². The van der Waals surface area contributed by atoms with E-state index in [9.17, 15) is 4.79 Å². The molecule has 0 spiro atoms. The minimum absolute atomic E-state index is 0.198. The molecule has 138 valence electrons. The van der Waals surface area contributed by atoms with Crippen LogP contribution in [0.1, 0.15) is 15.9 Å². The highest BCUT2D eigenvalue weighted by molar-refractivity contribution is 5.94. The molecular formula is C21H21N3O3. The zero-order valence-electron chi connectivity index (χ0n) is 15.1. The Morgan fingerprint density at radius 3 is 2.78 bits per heavy atom. The molecule has 1 amide bonds. The summed E-state index contributed by atoms with van der Waals surface area (Å²) < 4.78 is 12.6. The van der Waals surface area contributed by atoms with Gasteiger partial charge in [-0.1, -0.05) is 30.9 Å². The first-order chi connectivity index (χ1) is 13.2. The molecule has 0 bridgehead atoms. The SMILES string of the molecule is C=CCOc1ccc(C(=O)NCc2cnn(-c3ccccc3)c2)cc1OC. The first-order valence-electron chi connectivity index (χ1n) is 8.50. The molecule has 3 rings (SSSR count). The number of para-hydroxylation sites is 1. The van der Waals surface area contributed by atoms with E-state index in [1.807, 2.05) is 36.5 Å². The van der Waals surface area contributed by atoms with E-state index in [0.29, 0.717) is 30.2 Å². The minimum atomic E-state index is -0.198.